The third-order valence-electron chi connectivity index (χ3n) is 6.54. The maximum atomic E-state index is 13.2. The van der Waals surface area contributed by atoms with Crippen molar-refractivity contribution in [1.82, 2.24) is 14.7 Å². The number of thioether (sulfide) groups is 1. The first-order valence-corrected chi connectivity index (χ1v) is 14.4. The molecule has 0 aliphatic carbocycles. The lowest BCUT2D eigenvalue weighted by Gasteiger charge is -2.13. The van der Waals surface area contributed by atoms with Gasteiger partial charge in [0, 0.05) is 23.9 Å². The van der Waals surface area contributed by atoms with E-state index >= 15 is 0 Å². The predicted molar refractivity (Wildman–Crippen MR) is 164 cm³/mol. The Balaban J connectivity index is 1.46. The average Bonchev–Trinajstić information content (AvgIpc) is 3.50. The highest BCUT2D eigenvalue weighted by Gasteiger charge is 2.32. The molecule has 0 spiro atoms. The second kappa shape index (κ2) is 12.5. The van der Waals surface area contributed by atoms with Gasteiger partial charge in [0.15, 0.2) is 0 Å². The van der Waals surface area contributed by atoms with Crippen LogP contribution in [0.3, 0.4) is 0 Å². The number of aryl methyl sites for hydroxylation is 1. The number of carbonyl (C=O) groups is 1. The second-order valence-corrected chi connectivity index (χ2v) is 11.2. The number of benzene rings is 3. The smallest absolute Gasteiger partial charge is 0.266 e. The zero-order valence-electron chi connectivity index (χ0n) is 22.2. The molecule has 1 aromatic heterocycles. The molecule has 5 rings (SSSR count). The SMILES string of the molecule is CCCCCN1C(=O)/C(=C/c2cn(-c3ccccc3)nc2-c2cccc(OCc3ccc(C)cc3)c2)SC1=S. The summed E-state index contributed by atoms with van der Waals surface area (Å²) < 4.78 is 8.59. The molecule has 0 saturated carbocycles. The fourth-order valence-electron chi connectivity index (χ4n) is 4.37. The molecule has 1 saturated heterocycles. The first-order chi connectivity index (χ1) is 19.0. The molecule has 2 heterocycles. The van der Waals surface area contributed by atoms with E-state index in [-0.39, 0.29) is 5.91 Å². The van der Waals surface area contributed by atoms with Gasteiger partial charge in [0.25, 0.3) is 5.91 Å². The molecule has 1 amide bonds. The quantitative estimate of drug-likeness (QED) is 0.114. The molecule has 5 nitrogen and oxygen atoms in total. The molecular weight excluding hydrogens is 523 g/mol. The van der Waals surface area contributed by atoms with E-state index in [1.807, 2.05) is 71.6 Å². The lowest BCUT2D eigenvalue weighted by atomic mass is 10.1. The maximum Gasteiger partial charge on any atom is 0.266 e. The molecule has 0 bridgehead atoms. The first-order valence-electron chi connectivity index (χ1n) is 13.2. The summed E-state index contributed by atoms with van der Waals surface area (Å²) >= 11 is 6.91. The van der Waals surface area contributed by atoms with E-state index in [1.54, 1.807) is 4.90 Å². The van der Waals surface area contributed by atoms with E-state index in [1.165, 1.54) is 17.3 Å². The Hall–Kier alpha value is -3.68. The molecule has 4 aromatic rings. The van der Waals surface area contributed by atoms with Crippen molar-refractivity contribution >= 4 is 40.3 Å². The molecule has 1 fully saturated rings. The van der Waals surface area contributed by atoms with E-state index in [4.69, 9.17) is 22.1 Å². The van der Waals surface area contributed by atoms with Gasteiger partial charge in [-0.05, 0) is 49.2 Å². The van der Waals surface area contributed by atoms with Crippen LogP contribution in [0.2, 0.25) is 0 Å². The number of amides is 1. The topological polar surface area (TPSA) is 47.4 Å². The molecule has 7 heteroatoms. The Kier molecular flexibility index (Phi) is 8.59. The molecule has 0 N–H and O–H groups in total. The number of hydrogen-bond donors (Lipinski definition) is 0. The fourth-order valence-corrected chi connectivity index (χ4v) is 5.67. The molecule has 1 aliphatic rings. The maximum absolute atomic E-state index is 13.2. The lowest BCUT2D eigenvalue weighted by molar-refractivity contribution is -0.122. The van der Waals surface area contributed by atoms with Crippen LogP contribution in [0.25, 0.3) is 23.0 Å². The van der Waals surface area contributed by atoms with Gasteiger partial charge in [0.1, 0.15) is 22.4 Å². The van der Waals surface area contributed by atoms with Crippen molar-refractivity contribution in [2.24, 2.45) is 0 Å². The standard InChI is InChI=1S/C32H31N3O2S2/c1-3-4-8-18-34-31(36)29(39-32(34)38)20-26-21-35(27-11-6-5-7-12-27)33-30(26)25-10-9-13-28(19-25)37-22-24-16-14-23(2)15-17-24/h5-7,9-17,19-21H,3-4,8,18,22H2,1-2H3/b29-20-. The number of hydrogen-bond acceptors (Lipinski definition) is 5. The largest absolute Gasteiger partial charge is 0.489 e. The van der Waals surface area contributed by atoms with E-state index in [2.05, 4.69) is 38.1 Å². The zero-order valence-corrected chi connectivity index (χ0v) is 23.8. The van der Waals surface area contributed by atoms with Crippen LogP contribution >= 0.6 is 24.0 Å². The lowest BCUT2D eigenvalue weighted by Crippen LogP contribution is -2.28. The van der Waals surface area contributed by atoms with Crippen LogP contribution in [0.15, 0.2) is 90.0 Å². The number of rotatable bonds is 10. The molecule has 198 valence electrons. The van der Waals surface area contributed by atoms with Gasteiger partial charge < -0.3 is 4.74 Å². The summed E-state index contributed by atoms with van der Waals surface area (Å²) in [7, 11) is 0. The third-order valence-corrected chi connectivity index (χ3v) is 7.92. The minimum Gasteiger partial charge on any atom is -0.489 e. The van der Waals surface area contributed by atoms with Gasteiger partial charge in [0.05, 0.1) is 10.6 Å². The van der Waals surface area contributed by atoms with E-state index < -0.39 is 0 Å². The number of carbonyl (C=O) groups excluding carboxylic acids is 1. The number of nitrogens with zero attached hydrogens (tertiary/aromatic N) is 3. The average molecular weight is 554 g/mol. The van der Waals surface area contributed by atoms with Gasteiger partial charge in [-0.3, -0.25) is 9.69 Å². The van der Waals surface area contributed by atoms with Crippen LogP contribution < -0.4 is 4.74 Å². The Morgan fingerprint density at radius 2 is 1.79 bits per heavy atom. The van der Waals surface area contributed by atoms with Crippen LogP contribution in [0.1, 0.15) is 42.9 Å². The van der Waals surface area contributed by atoms with Gasteiger partial charge >= 0.3 is 0 Å². The fraction of sp³-hybridized carbons (Fsp3) is 0.219. The van der Waals surface area contributed by atoms with E-state index in [0.717, 1.165) is 53.1 Å². The number of para-hydroxylation sites is 1. The van der Waals surface area contributed by atoms with Crippen LogP contribution in [0.5, 0.6) is 5.75 Å². The number of thiocarbonyl (C=S) groups is 1. The highest BCUT2D eigenvalue weighted by atomic mass is 32.2. The van der Waals surface area contributed by atoms with Crippen molar-refractivity contribution in [2.75, 3.05) is 6.54 Å². The van der Waals surface area contributed by atoms with Crippen molar-refractivity contribution in [1.29, 1.82) is 0 Å². The van der Waals surface area contributed by atoms with Gasteiger partial charge in [-0.25, -0.2) is 4.68 Å². The van der Waals surface area contributed by atoms with Gasteiger partial charge in [-0.1, -0.05) is 104 Å². The van der Waals surface area contributed by atoms with E-state index in [9.17, 15) is 4.79 Å². The Morgan fingerprint density at radius 3 is 2.56 bits per heavy atom. The number of unbranched alkanes of at least 4 members (excludes halogenated alkanes) is 2. The highest BCUT2D eigenvalue weighted by Crippen LogP contribution is 2.35. The van der Waals surface area contributed by atoms with Gasteiger partial charge in [-0.15, -0.1) is 0 Å². The number of ether oxygens (including phenoxy) is 1. The van der Waals surface area contributed by atoms with Crippen LogP contribution in [-0.2, 0) is 11.4 Å². The van der Waals surface area contributed by atoms with Crippen LogP contribution in [-0.4, -0.2) is 31.5 Å². The zero-order chi connectivity index (χ0) is 27.2. The first kappa shape index (κ1) is 26.9. The second-order valence-electron chi connectivity index (χ2n) is 9.56. The molecule has 3 aromatic carbocycles. The van der Waals surface area contributed by atoms with Gasteiger partial charge in [0.2, 0.25) is 0 Å². The predicted octanol–water partition coefficient (Wildman–Crippen LogP) is 7.82. The van der Waals surface area contributed by atoms with Gasteiger partial charge in [-0.2, -0.15) is 5.10 Å². The highest BCUT2D eigenvalue weighted by molar-refractivity contribution is 8.26. The Morgan fingerprint density at radius 1 is 1.00 bits per heavy atom. The monoisotopic (exact) mass is 553 g/mol. The van der Waals surface area contributed by atoms with Crippen LogP contribution in [0, 0.1) is 6.92 Å². The summed E-state index contributed by atoms with van der Waals surface area (Å²) in [5.41, 5.74) is 5.81. The summed E-state index contributed by atoms with van der Waals surface area (Å²) in [6.45, 7) is 5.37. The molecular formula is C32H31N3O2S2. The summed E-state index contributed by atoms with van der Waals surface area (Å²) in [5.74, 6) is 0.727. The summed E-state index contributed by atoms with van der Waals surface area (Å²) in [5, 5.41) is 4.94. The molecule has 0 unspecified atom stereocenters. The van der Waals surface area contributed by atoms with Crippen molar-refractivity contribution < 1.29 is 9.53 Å². The summed E-state index contributed by atoms with van der Waals surface area (Å²) in [6.07, 6.45) is 7.00. The van der Waals surface area contributed by atoms with Crippen LogP contribution in [0.4, 0.5) is 0 Å². The van der Waals surface area contributed by atoms with Crippen molar-refractivity contribution in [2.45, 2.75) is 39.7 Å². The van der Waals surface area contributed by atoms with Crippen molar-refractivity contribution in [3.8, 4) is 22.7 Å². The Bertz CT molecular complexity index is 1490. The van der Waals surface area contributed by atoms with E-state index in [0.29, 0.717) is 22.4 Å². The normalized spacial score (nSPS) is 14.4. The molecule has 0 radical (unpaired) electrons. The molecule has 39 heavy (non-hydrogen) atoms. The van der Waals surface area contributed by atoms with Crippen molar-refractivity contribution in [3.05, 3.63) is 107 Å². The summed E-state index contributed by atoms with van der Waals surface area (Å²) in [6, 6.07) is 26.2. The van der Waals surface area contributed by atoms with Crippen molar-refractivity contribution in [3.63, 3.8) is 0 Å². The minimum absolute atomic E-state index is 0.0327. The minimum atomic E-state index is -0.0327. The molecule has 0 atom stereocenters. The Labute approximate surface area is 239 Å². The third kappa shape index (κ3) is 6.49. The number of aromatic nitrogens is 2. The summed E-state index contributed by atoms with van der Waals surface area (Å²) in [4.78, 5) is 15.6. The molecule has 1 aliphatic heterocycles.